The van der Waals surface area contributed by atoms with Gasteiger partial charge < -0.3 is 5.32 Å². The highest BCUT2D eigenvalue weighted by molar-refractivity contribution is 7.91. The zero-order valence-corrected chi connectivity index (χ0v) is 9.01. The van der Waals surface area contributed by atoms with Gasteiger partial charge in [-0.15, -0.1) is 0 Å². The highest BCUT2D eigenvalue weighted by Crippen LogP contribution is 2.32. The number of sulfone groups is 1. The van der Waals surface area contributed by atoms with Crippen molar-refractivity contribution in [3.05, 3.63) is 0 Å². The van der Waals surface area contributed by atoms with Gasteiger partial charge in [0.25, 0.3) is 0 Å². The lowest BCUT2D eigenvalue weighted by Crippen LogP contribution is -2.45. The predicted molar refractivity (Wildman–Crippen MR) is 48.1 cm³/mol. The Bertz CT molecular complexity index is 257. The monoisotopic (exact) mass is 253 g/mol. The Morgan fingerprint density at radius 2 is 1.83 bits per heavy atom. The average molecular weight is 255 g/mol. The molecule has 72 valence electrons. The number of hydrogen-bond acceptors (Lipinski definition) is 3. The molecule has 0 aliphatic heterocycles. The first-order valence-electron chi connectivity index (χ1n) is 2.65. The van der Waals surface area contributed by atoms with Crippen LogP contribution in [-0.2, 0) is 14.6 Å². The molecule has 0 saturated heterocycles. The lowest BCUT2D eigenvalue weighted by atomic mass is 10.7. The zero-order valence-electron chi connectivity index (χ0n) is 5.92. The third kappa shape index (κ3) is 3.80. The second kappa shape index (κ2) is 4.00. The summed E-state index contributed by atoms with van der Waals surface area (Å²) in [5.41, 5.74) is 0. The summed E-state index contributed by atoms with van der Waals surface area (Å²) in [7, 11) is -3.62. The maximum absolute atomic E-state index is 10.9. The van der Waals surface area contributed by atoms with Crippen molar-refractivity contribution >= 4 is 51.1 Å². The molecule has 0 aromatic rings. The topological polar surface area (TPSA) is 63.2 Å². The molecule has 0 fully saturated rings. The summed E-state index contributed by atoms with van der Waals surface area (Å²) >= 11 is 15.9. The minimum Gasteiger partial charge on any atom is -0.339 e. The fourth-order valence-electron chi connectivity index (χ4n) is 0.523. The first-order chi connectivity index (χ1) is 5.19. The molecule has 0 heterocycles. The standard InChI is InChI=1S/C4H6Cl3NO3S/c1-12(10,11)3(8-2-9)4(5,6)7/h2-3H,1H3,(H,8,9)/t3-/m1/s1. The minimum atomic E-state index is -3.62. The molecule has 0 saturated carbocycles. The number of alkyl halides is 3. The van der Waals surface area contributed by atoms with Gasteiger partial charge in [0.05, 0.1) is 0 Å². The lowest BCUT2D eigenvalue weighted by molar-refractivity contribution is -0.109. The van der Waals surface area contributed by atoms with Gasteiger partial charge in [-0.05, 0) is 0 Å². The van der Waals surface area contributed by atoms with Crippen molar-refractivity contribution in [2.24, 2.45) is 0 Å². The molecule has 4 nitrogen and oxygen atoms in total. The molecular formula is C4H6Cl3NO3S. The van der Waals surface area contributed by atoms with Crippen LogP contribution >= 0.6 is 34.8 Å². The number of rotatable bonds is 3. The third-order valence-corrected chi connectivity index (χ3v) is 3.33. The Labute approximate surface area is 85.1 Å². The van der Waals surface area contributed by atoms with Crippen LogP contribution < -0.4 is 5.32 Å². The van der Waals surface area contributed by atoms with E-state index in [9.17, 15) is 13.2 Å². The number of halogens is 3. The minimum absolute atomic E-state index is 0.160. The molecule has 1 N–H and O–H groups in total. The van der Waals surface area contributed by atoms with Crippen LogP contribution in [0.4, 0.5) is 0 Å². The Kier molecular flexibility index (Phi) is 4.10. The van der Waals surface area contributed by atoms with Gasteiger partial charge in [0, 0.05) is 6.26 Å². The summed E-state index contributed by atoms with van der Waals surface area (Å²) < 4.78 is 19.7. The first-order valence-corrected chi connectivity index (χ1v) is 5.73. The van der Waals surface area contributed by atoms with Gasteiger partial charge in [-0.1, -0.05) is 34.8 Å². The van der Waals surface area contributed by atoms with E-state index in [1.54, 1.807) is 0 Å². The zero-order chi connectivity index (χ0) is 9.99. The lowest BCUT2D eigenvalue weighted by Gasteiger charge is -2.21. The molecule has 0 radical (unpaired) electrons. The van der Waals surface area contributed by atoms with E-state index in [1.807, 2.05) is 5.32 Å². The Hall–Kier alpha value is 0.290. The number of carbonyl (C=O) groups excluding carboxylic acids is 1. The number of carbonyl (C=O) groups is 1. The molecule has 0 aromatic heterocycles. The van der Waals surface area contributed by atoms with E-state index in [4.69, 9.17) is 34.8 Å². The van der Waals surface area contributed by atoms with Crippen LogP contribution in [0.15, 0.2) is 0 Å². The average Bonchev–Trinajstić information content (AvgIpc) is 1.77. The highest BCUT2D eigenvalue weighted by atomic mass is 35.6. The maximum atomic E-state index is 10.9. The van der Waals surface area contributed by atoms with Crippen LogP contribution in [0.3, 0.4) is 0 Å². The molecular weight excluding hydrogens is 248 g/mol. The van der Waals surface area contributed by atoms with Crippen molar-refractivity contribution in [3.8, 4) is 0 Å². The Morgan fingerprint density at radius 1 is 1.42 bits per heavy atom. The van der Waals surface area contributed by atoms with E-state index in [1.165, 1.54) is 0 Å². The fourth-order valence-corrected chi connectivity index (χ4v) is 2.96. The van der Waals surface area contributed by atoms with Crippen LogP contribution in [0.1, 0.15) is 0 Å². The van der Waals surface area contributed by atoms with Crippen molar-refractivity contribution in [2.45, 2.75) is 9.17 Å². The SMILES string of the molecule is CS(=O)(=O)[C@@H](NC=O)C(Cl)(Cl)Cl. The summed E-state index contributed by atoms with van der Waals surface area (Å²) in [4.78, 5) is 9.96. The molecule has 1 atom stereocenters. The van der Waals surface area contributed by atoms with E-state index < -0.39 is 19.0 Å². The summed E-state index contributed by atoms with van der Waals surface area (Å²) in [5.74, 6) is 0. The van der Waals surface area contributed by atoms with Gasteiger partial charge >= 0.3 is 0 Å². The third-order valence-electron chi connectivity index (χ3n) is 0.945. The number of hydrogen-bond donors (Lipinski definition) is 1. The number of nitrogens with one attached hydrogen (secondary N) is 1. The second-order valence-corrected chi connectivity index (χ2v) is 6.54. The molecule has 0 bridgehead atoms. The molecule has 0 unspecified atom stereocenters. The molecule has 0 aliphatic carbocycles. The van der Waals surface area contributed by atoms with Gasteiger partial charge in [0.1, 0.15) is 0 Å². The normalized spacial score (nSPS) is 15.3. The summed E-state index contributed by atoms with van der Waals surface area (Å²) in [6, 6.07) is 0. The van der Waals surface area contributed by atoms with E-state index in [2.05, 4.69) is 0 Å². The van der Waals surface area contributed by atoms with E-state index in [0.717, 1.165) is 6.26 Å². The van der Waals surface area contributed by atoms with Crippen molar-refractivity contribution in [3.63, 3.8) is 0 Å². The van der Waals surface area contributed by atoms with Crippen LogP contribution in [-0.4, -0.2) is 30.3 Å². The van der Waals surface area contributed by atoms with Gasteiger partial charge in [0.2, 0.25) is 10.2 Å². The number of amides is 1. The first kappa shape index (κ1) is 12.3. The smallest absolute Gasteiger partial charge is 0.224 e. The van der Waals surface area contributed by atoms with Gasteiger partial charge in [-0.2, -0.15) is 0 Å². The van der Waals surface area contributed by atoms with Crippen LogP contribution in [0.5, 0.6) is 0 Å². The van der Waals surface area contributed by atoms with E-state index in [-0.39, 0.29) is 6.41 Å². The molecule has 1 amide bonds. The molecule has 0 rings (SSSR count). The van der Waals surface area contributed by atoms with Crippen LogP contribution in [0, 0.1) is 0 Å². The molecule has 8 heteroatoms. The van der Waals surface area contributed by atoms with Crippen molar-refractivity contribution in [1.82, 2.24) is 5.32 Å². The van der Waals surface area contributed by atoms with Crippen molar-refractivity contribution in [2.75, 3.05) is 6.26 Å². The van der Waals surface area contributed by atoms with Gasteiger partial charge in [0.15, 0.2) is 15.2 Å². The van der Waals surface area contributed by atoms with Crippen LogP contribution in [0.25, 0.3) is 0 Å². The van der Waals surface area contributed by atoms with Gasteiger partial charge in [-0.3, -0.25) is 4.79 Å². The molecule has 0 aromatic carbocycles. The van der Waals surface area contributed by atoms with E-state index >= 15 is 0 Å². The van der Waals surface area contributed by atoms with Crippen LogP contribution in [0.2, 0.25) is 0 Å². The highest BCUT2D eigenvalue weighted by Gasteiger charge is 2.39. The van der Waals surface area contributed by atoms with E-state index in [0.29, 0.717) is 0 Å². The second-order valence-electron chi connectivity index (χ2n) is 2.04. The Morgan fingerprint density at radius 3 is 1.92 bits per heavy atom. The molecule has 0 spiro atoms. The maximum Gasteiger partial charge on any atom is 0.224 e. The predicted octanol–water partition coefficient (Wildman–Crippen LogP) is 0.473. The summed E-state index contributed by atoms with van der Waals surface area (Å²) in [6.45, 7) is 0. The quantitative estimate of drug-likeness (QED) is 0.588. The Balaban J connectivity index is 4.81. The van der Waals surface area contributed by atoms with Crippen molar-refractivity contribution in [1.29, 1.82) is 0 Å². The van der Waals surface area contributed by atoms with Gasteiger partial charge in [-0.25, -0.2) is 8.42 Å². The fraction of sp³-hybridized carbons (Fsp3) is 0.750. The summed E-state index contributed by atoms with van der Waals surface area (Å²) in [5, 5.41) is 0.377. The largest absolute Gasteiger partial charge is 0.339 e. The molecule has 12 heavy (non-hydrogen) atoms. The molecule has 0 aliphatic rings. The van der Waals surface area contributed by atoms with Crippen molar-refractivity contribution < 1.29 is 13.2 Å². The summed E-state index contributed by atoms with van der Waals surface area (Å²) in [6.07, 6.45) is 1.02.